The summed E-state index contributed by atoms with van der Waals surface area (Å²) in [5.74, 6) is 0.212. The molecule has 2 nitrogen and oxygen atoms in total. The average Bonchev–Trinajstić information content (AvgIpc) is 2.06. The van der Waals surface area contributed by atoms with E-state index in [2.05, 4.69) is 0 Å². The molecule has 0 atom stereocenters. The second-order valence-corrected chi connectivity index (χ2v) is 6.45. The topological polar surface area (TPSA) is 34.1 Å². The van der Waals surface area contributed by atoms with Crippen LogP contribution in [0.4, 0.5) is 0 Å². The Morgan fingerprint density at radius 2 is 1.67 bits per heavy atom. The van der Waals surface area contributed by atoms with E-state index < -0.39 is 9.84 Å². The van der Waals surface area contributed by atoms with Crippen molar-refractivity contribution in [2.45, 2.75) is 24.7 Å². The highest BCUT2D eigenvalue weighted by Crippen LogP contribution is 2.35. The quantitative estimate of drug-likeness (QED) is 0.821. The van der Waals surface area contributed by atoms with Crippen LogP contribution in [0.5, 0.6) is 0 Å². The first-order valence-corrected chi connectivity index (χ1v) is 7.08. The van der Waals surface area contributed by atoms with Crippen LogP contribution in [0.1, 0.15) is 25.3 Å². The standard InChI is InChI=1S/C10H12Cl2O2S/c1-6(2)7-4-5-8(15(3,13)14)10(12)9(7)11/h4-6H,1-3H3. The Bertz CT molecular complexity index is 478. The van der Waals surface area contributed by atoms with E-state index in [0.717, 1.165) is 11.8 Å². The molecule has 84 valence electrons. The number of hydrogen-bond donors (Lipinski definition) is 0. The second-order valence-electron chi connectivity index (χ2n) is 3.71. The second kappa shape index (κ2) is 4.32. The summed E-state index contributed by atoms with van der Waals surface area (Å²) in [6.45, 7) is 3.94. The maximum absolute atomic E-state index is 11.3. The molecule has 0 N–H and O–H groups in total. The van der Waals surface area contributed by atoms with Crippen LogP contribution in [-0.2, 0) is 9.84 Å². The van der Waals surface area contributed by atoms with Crippen molar-refractivity contribution in [2.24, 2.45) is 0 Å². The predicted molar refractivity (Wildman–Crippen MR) is 63.7 cm³/mol. The molecular weight excluding hydrogens is 255 g/mol. The van der Waals surface area contributed by atoms with E-state index in [1.165, 1.54) is 6.07 Å². The summed E-state index contributed by atoms with van der Waals surface area (Å²) >= 11 is 11.9. The number of sulfone groups is 1. The Hall–Kier alpha value is -0.250. The molecule has 0 fully saturated rings. The molecule has 1 aromatic rings. The molecule has 0 radical (unpaired) electrons. The third kappa shape index (κ3) is 2.65. The smallest absolute Gasteiger partial charge is 0.177 e. The van der Waals surface area contributed by atoms with E-state index in [1.807, 2.05) is 13.8 Å². The molecule has 1 aromatic carbocycles. The van der Waals surface area contributed by atoms with E-state index in [-0.39, 0.29) is 15.8 Å². The van der Waals surface area contributed by atoms with Crippen molar-refractivity contribution in [3.8, 4) is 0 Å². The average molecular weight is 267 g/mol. The third-order valence-corrected chi connectivity index (χ3v) is 4.25. The van der Waals surface area contributed by atoms with Crippen LogP contribution in [0.3, 0.4) is 0 Å². The molecule has 0 saturated carbocycles. The maximum Gasteiger partial charge on any atom is 0.177 e. The molecule has 1 rings (SSSR count). The fourth-order valence-electron chi connectivity index (χ4n) is 1.28. The van der Waals surface area contributed by atoms with Crippen molar-refractivity contribution in [1.82, 2.24) is 0 Å². The van der Waals surface area contributed by atoms with Crippen LogP contribution >= 0.6 is 23.2 Å². The van der Waals surface area contributed by atoms with E-state index in [1.54, 1.807) is 6.07 Å². The van der Waals surface area contributed by atoms with Gasteiger partial charge in [0.2, 0.25) is 0 Å². The largest absolute Gasteiger partial charge is 0.224 e. The summed E-state index contributed by atoms with van der Waals surface area (Å²) in [6, 6.07) is 3.20. The fourth-order valence-corrected chi connectivity index (χ4v) is 3.05. The van der Waals surface area contributed by atoms with E-state index >= 15 is 0 Å². The van der Waals surface area contributed by atoms with E-state index in [4.69, 9.17) is 23.2 Å². The molecule has 5 heteroatoms. The zero-order valence-electron chi connectivity index (χ0n) is 8.71. The van der Waals surface area contributed by atoms with E-state index in [0.29, 0.717) is 5.02 Å². The molecule has 0 heterocycles. The monoisotopic (exact) mass is 266 g/mol. The highest BCUT2D eigenvalue weighted by atomic mass is 35.5. The SMILES string of the molecule is CC(C)c1ccc(S(C)(=O)=O)c(Cl)c1Cl. The number of hydrogen-bond acceptors (Lipinski definition) is 2. The van der Waals surface area contributed by atoms with Crippen LogP contribution in [0, 0.1) is 0 Å². The molecule has 0 bridgehead atoms. The molecule has 0 saturated heterocycles. The van der Waals surface area contributed by atoms with Crippen LogP contribution in [0.2, 0.25) is 10.0 Å². The van der Waals surface area contributed by atoms with Gasteiger partial charge < -0.3 is 0 Å². The van der Waals surface area contributed by atoms with Gasteiger partial charge in [0.1, 0.15) is 0 Å². The third-order valence-electron chi connectivity index (χ3n) is 2.10. The van der Waals surface area contributed by atoms with Gasteiger partial charge in [0.05, 0.1) is 14.9 Å². The molecule has 0 aliphatic carbocycles. The summed E-state index contributed by atoms with van der Waals surface area (Å²) in [5, 5.41) is 0.444. The van der Waals surface area contributed by atoms with Gasteiger partial charge in [0, 0.05) is 6.26 Å². The molecular formula is C10H12Cl2O2S. The Balaban J connectivity index is 3.48. The Morgan fingerprint density at radius 3 is 2.07 bits per heavy atom. The van der Waals surface area contributed by atoms with Gasteiger partial charge in [-0.05, 0) is 17.5 Å². The minimum Gasteiger partial charge on any atom is -0.224 e. The summed E-state index contributed by atoms with van der Waals surface area (Å²) in [4.78, 5) is 0.0820. The maximum atomic E-state index is 11.3. The van der Waals surface area contributed by atoms with Crippen molar-refractivity contribution < 1.29 is 8.42 Å². The first-order chi connectivity index (χ1) is 6.75. The predicted octanol–water partition coefficient (Wildman–Crippen LogP) is 3.52. The van der Waals surface area contributed by atoms with Crippen molar-refractivity contribution >= 4 is 33.0 Å². The van der Waals surface area contributed by atoms with Crippen LogP contribution < -0.4 is 0 Å². The molecule has 0 unspecified atom stereocenters. The summed E-state index contributed by atoms with van der Waals surface area (Å²) in [5.41, 5.74) is 0.856. The minimum atomic E-state index is -3.31. The van der Waals surface area contributed by atoms with Gasteiger partial charge in [-0.3, -0.25) is 0 Å². The zero-order chi connectivity index (χ0) is 11.8. The highest BCUT2D eigenvalue weighted by molar-refractivity contribution is 7.90. The van der Waals surface area contributed by atoms with Crippen LogP contribution in [0.15, 0.2) is 17.0 Å². The van der Waals surface area contributed by atoms with Crippen LogP contribution in [0.25, 0.3) is 0 Å². The van der Waals surface area contributed by atoms with Crippen molar-refractivity contribution in [3.05, 3.63) is 27.7 Å². The molecule has 0 amide bonds. The van der Waals surface area contributed by atoms with Gasteiger partial charge in [-0.1, -0.05) is 43.1 Å². The number of halogens is 2. The van der Waals surface area contributed by atoms with Gasteiger partial charge >= 0.3 is 0 Å². The first kappa shape index (κ1) is 12.8. The van der Waals surface area contributed by atoms with Crippen molar-refractivity contribution in [1.29, 1.82) is 0 Å². The van der Waals surface area contributed by atoms with Gasteiger partial charge in [-0.2, -0.15) is 0 Å². The highest BCUT2D eigenvalue weighted by Gasteiger charge is 2.18. The van der Waals surface area contributed by atoms with Crippen molar-refractivity contribution in [2.75, 3.05) is 6.26 Å². The Morgan fingerprint density at radius 1 is 1.13 bits per heavy atom. The number of rotatable bonds is 2. The summed E-state index contributed by atoms with van der Waals surface area (Å²) < 4.78 is 22.7. The molecule has 15 heavy (non-hydrogen) atoms. The molecule has 0 aromatic heterocycles. The Kier molecular flexibility index (Phi) is 3.69. The number of benzene rings is 1. The molecule has 0 spiro atoms. The lowest BCUT2D eigenvalue weighted by Crippen LogP contribution is -2.00. The molecule has 0 aliphatic rings. The van der Waals surface area contributed by atoms with Gasteiger partial charge in [0.15, 0.2) is 9.84 Å². The van der Waals surface area contributed by atoms with Crippen LogP contribution in [-0.4, -0.2) is 14.7 Å². The minimum absolute atomic E-state index is 0.0820. The van der Waals surface area contributed by atoms with E-state index in [9.17, 15) is 8.42 Å². The molecule has 0 aliphatic heterocycles. The van der Waals surface area contributed by atoms with Gasteiger partial charge in [0.25, 0.3) is 0 Å². The zero-order valence-corrected chi connectivity index (χ0v) is 11.0. The fraction of sp³-hybridized carbons (Fsp3) is 0.400. The summed E-state index contributed by atoms with van der Waals surface area (Å²) in [6.07, 6.45) is 1.11. The first-order valence-electron chi connectivity index (χ1n) is 4.43. The normalized spacial score (nSPS) is 12.1. The van der Waals surface area contributed by atoms with Gasteiger partial charge in [-0.15, -0.1) is 0 Å². The lowest BCUT2D eigenvalue weighted by Gasteiger charge is -2.11. The Labute approximate surface area is 100 Å². The summed E-state index contributed by atoms with van der Waals surface area (Å²) in [7, 11) is -3.31. The van der Waals surface area contributed by atoms with Crippen molar-refractivity contribution in [3.63, 3.8) is 0 Å². The lowest BCUT2D eigenvalue weighted by atomic mass is 10.0. The van der Waals surface area contributed by atoms with Gasteiger partial charge in [-0.25, -0.2) is 8.42 Å². The lowest BCUT2D eigenvalue weighted by molar-refractivity contribution is 0.602.